The molecule has 0 aromatic rings. The van der Waals surface area contributed by atoms with E-state index in [2.05, 4.69) is 20.9 Å². The van der Waals surface area contributed by atoms with Gasteiger partial charge in [0.1, 0.15) is 5.92 Å². The summed E-state index contributed by atoms with van der Waals surface area (Å²) in [5, 5.41) is 0. The molecule has 0 fully saturated rings. The maximum atomic E-state index is 11.9. The van der Waals surface area contributed by atoms with Gasteiger partial charge in [0.25, 0.3) is 0 Å². The summed E-state index contributed by atoms with van der Waals surface area (Å²) < 4.78 is 0.838. The highest BCUT2D eigenvalue weighted by atomic mass is 79.9. The Kier molecular flexibility index (Phi) is 2.56. The van der Waals surface area contributed by atoms with Crippen molar-refractivity contribution in [1.29, 1.82) is 0 Å². The van der Waals surface area contributed by atoms with E-state index < -0.39 is 11.9 Å². The lowest BCUT2D eigenvalue weighted by Gasteiger charge is -2.27. The Morgan fingerprint density at radius 2 is 2.20 bits per heavy atom. The second kappa shape index (κ2) is 3.73. The molecule has 1 unspecified atom stereocenters. The van der Waals surface area contributed by atoms with Crippen LogP contribution in [0.3, 0.4) is 0 Å². The number of hydrogen-bond donors (Lipinski definition) is 0. The molecule has 2 aliphatic rings. The first-order chi connectivity index (χ1) is 7.13. The van der Waals surface area contributed by atoms with E-state index in [-0.39, 0.29) is 5.91 Å². The van der Waals surface area contributed by atoms with Crippen LogP contribution in [-0.2, 0) is 4.79 Å². The largest absolute Gasteiger partial charge is 0.350 e. The van der Waals surface area contributed by atoms with E-state index in [9.17, 15) is 9.59 Å². The molecular weight excluding hydrogens is 260 g/mol. The summed E-state index contributed by atoms with van der Waals surface area (Å²) in [6, 6.07) is -0.468. The molecular formula is C10H9BrN2O2. The number of halogens is 1. The van der Waals surface area contributed by atoms with Crippen LogP contribution in [0.1, 0.15) is 6.92 Å². The van der Waals surface area contributed by atoms with Crippen molar-refractivity contribution in [3.05, 3.63) is 22.7 Å². The quantitative estimate of drug-likeness (QED) is 0.729. The summed E-state index contributed by atoms with van der Waals surface area (Å²) in [6.45, 7) is 2.12. The molecule has 0 bridgehead atoms. The molecule has 5 heteroatoms. The summed E-state index contributed by atoms with van der Waals surface area (Å²) in [5.41, 5.74) is 0.526. The first kappa shape index (κ1) is 10.3. The van der Waals surface area contributed by atoms with Gasteiger partial charge in [-0.1, -0.05) is 22.0 Å². The molecule has 0 N–H and O–H groups in total. The Morgan fingerprint density at radius 3 is 2.87 bits per heavy atom. The third kappa shape index (κ3) is 1.67. The van der Waals surface area contributed by atoms with Crippen LogP contribution in [-0.4, -0.2) is 29.1 Å². The highest BCUT2D eigenvalue weighted by Crippen LogP contribution is 2.24. The zero-order chi connectivity index (χ0) is 11.0. The van der Waals surface area contributed by atoms with Gasteiger partial charge in [0.15, 0.2) is 0 Å². The molecule has 0 saturated heterocycles. The molecule has 1 aliphatic carbocycles. The number of allylic oxidation sites excluding steroid dienone is 3. The number of rotatable bonds is 1. The van der Waals surface area contributed by atoms with Crippen LogP contribution in [0.25, 0.3) is 0 Å². The van der Waals surface area contributed by atoms with Crippen molar-refractivity contribution in [2.75, 3.05) is 6.54 Å². The van der Waals surface area contributed by atoms with Crippen LogP contribution in [0.4, 0.5) is 4.79 Å². The second-order valence-corrected chi connectivity index (χ2v) is 4.18. The fourth-order valence-electron chi connectivity index (χ4n) is 1.60. The number of fused-ring (bicyclic) bond motifs is 1. The molecule has 1 atom stereocenters. The smallest absolute Gasteiger partial charge is 0.273 e. The van der Waals surface area contributed by atoms with Gasteiger partial charge in [-0.15, -0.1) is 0 Å². The van der Waals surface area contributed by atoms with Crippen LogP contribution in [0.2, 0.25) is 0 Å². The number of carbonyl (C=O) groups excluding carboxylic acids is 2. The van der Waals surface area contributed by atoms with E-state index >= 15 is 0 Å². The van der Waals surface area contributed by atoms with Gasteiger partial charge in [-0.25, -0.2) is 4.79 Å². The van der Waals surface area contributed by atoms with E-state index in [4.69, 9.17) is 0 Å². The molecule has 3 amide bonds. The maximum Gasteiger partial charge on any atom is 0.350 e. The molecule has 0 saturated carbocycles. The van der Waals surface area contributed by atoms with Crippen LogP contribution in [0.15, 0.2) is 27.7 Å². The van der Waals surface area contributed by atoms with Gasteiger partial charge in [-0.05, 0) is 19.1 Å². The SMILES string of the molecule is CCN1C(=O)N=C2C=CC(Br)=CC2C1=O. The van der Waals surface area contributed by atoms with Gasteiger partial charge < -0.3 is 0 Å². The minimum atomic E-state index is -0.468. The number of amides is 3. The summed E-state index contributed by atoms with van der Waals surface area (Å²) in [4.78, 5) is 28.3. The lowest BCUT2D eigenvalue weighted by molar-refractivity contribution is -0.129. The van der Waals surface area contributed by atoms with E-state index in [0.717, 1.165) is 9.38 Å². The van der Waals surface area contributed by atoms with Gasteiger partial charge in [0.2, 0.25) is 5.91 Å². The number of nitrogens with zero attached hydrogens (tertiary/aromatic N) is 2. The molecule has 1 heterocycles. The van der Waals surface area contributed by atoms with Gasteiger partial charge >= 0.3 is 6.03 Å². The number of carbonyl (C=O) groups is 2. The van der Waals surface area contributed by atoms with Crippen molar-refractivity contribution in [2.24, 2.45) is 10.9 Å². The second-order valence-electron chi connectivity index (χ2n) is 3.26. The number of urea groups is 1. The lowest BCUT2D eigenvalue weighted by atomic mass is 9.95. The van der Waals surface area contributed by atoms with Gasteiger partial charge in [0, 0.05) is 11.0 Å². The molecule has 4 nitrogen and oxygen atoms in total. The zero-order valence-electron chi connectivity index (χ0n) is 8.11. The van der Waals surface area contributed by atoms with Crippen molar-refractivity contribution in [1.82, 2.24) is 4.90 Å². The molecule has 2 rings (SSSR count). The topological polar surface area (TPSA) is 49.7 Å². The van der Waals surface area contributed by atoms with Crippen molar-refractivity contribution < 1.29 is 9.59 Å². The minimum absolute atomic E-state index is 0.200. The third-order valence-electron chi connectivity index (χ3n) is 2.36. The van der Waals surface area contributed by atoms with Crippen molar-refractivity contribution in [3.8, 4) is 0 Å². The Labute approximate surface area is 95.5 Å². The lowest BCUT2D eigenvalue weighted by Crippen LogP contribution is -2.45. The van der Waals surface area contributed by atoms with Gasteiger partial charge in [-0.3, -0.25) is 9.69 Å². The monoisotopic (exact) mass is 268 g/mol. The van der Waals surface area contributed by atoms with Crippen LogP contribution in [0.5, 0.6) is 0 Å². The highest BCUT2D eigenvalue weighted by Gasteiger charge is 2.35. The predicted molar refractivity (Wildman–Crippen MR) is 59.9 cm³/mol. The molecule has 0 aromatic carbocycles. The van der Waals surface area contributed by atoms with Crippen molar-refractivity contribution >= 4 is 33.6 Å². The van der Waals surface area contributed by atoms with E-state index in [1.54, 1.807) is 25.2 Å². The average Bonchev–Trinajstić information content (AvgIpc) is 2.20. The standard InChI is InChI=1S/C10H9BrN2O2/c1-2-13-9(14)7-5-6(11)3-4-8(7)12-10(13)15/h3-5,7H,2H2,1H3. The average molecular weight is 269 g/mol. The molecule has 15 heavy (non-hydrogen) atoms. The Balaban J connectivity index is 2.43. The highest BCUT2D eigenvalue weighted by molar-refractivity contribution is 9.11. The number of imide groups is 1. The third-order valence-corrected chi connectivity index (χ3v) is 2.89. The Bertz CT molecular complexity index is 423. The predicted octanol–water partition coefficient (Wildman–Crippen LogP) is 1.87. The van der Waals surface area contributed by atoms with Crippen LogP contribution in [0, 0.1) is 5.92 Å². The van der Waals surface area contributed by atoms with E-state index in [1.807, 2.05) is 0 Å². The normalized spacial score (nSPS) is 24.9. The summed E-state index contributed by atoms with van der Waals surface area (Å²) in [7, 11) is 0. The van der Waals surface area contributed by atoms with E-state index in [1.165, 1.54) is 0 Å². The fourth-order valence-corrected chi connectivity index (χ4v) is 1.99. The minimum Gasteiger partial charge on any atom is -0.273 e. The van der Waals surface area contributed by atoms with Gasteiger partial charge in [-0.2, -0.15) is 4.99 Å². The fraction of sp³-hybridized carbons (Fsp3) is 0.300. The summed E-state index contributed by atoms with van der Waals surface area (Å²) in [5.74, 6) is -0.615. The number of aliphatic imine (C=N–C) groups is 1. The Hall–Kier alpha value is -1.23. The zero-order valence-corrected chi connectivity index (χ0v) is 9.69. The molecule has 78 valence electrons. The molecule has 0 spiro atoms. The maximum absolute atomic E-state index is 11.9. The first-order valence-corrected chi connectivity index (χ1v) is 5.42. The Morgan fingerprint density at radius 1 is 1.47 bits per heavy atom. The van der Waals surface area contributed by atoms with Gasteiger partial charge in [0.05, 0.1) is 5.71 Å². The number of hydrogen-bond acceptors (Lipinski definition) is 2. The molecule has 0 radical (unpaired) electrons. The summed E-state index contributed by atoms with van der Waals surface area (Å²) >= 11 is 3.30. The van der Waals surface area contributed by atoms with Crippen molar-refractivity contribution in [2.45, 2.75) is 6.92 Å². The first-order valence-electron chi connectivity index (χ1n) is 4.63. The molecule has 1 aliphatic heterocycles. The molecule has 0 aromatic heterocycles. The summed E-state index contributed by atoms with van der Waals surface area (Å²) in [6.07, 6.45) is 5.23. The van der Waals surface area contributed by atoms with Crippen molar-refractivity contribution in [3.63, 3.8) is 0 Å². The van der Waals surface area contributed by atoms with Crippen LogP contribution < -0.4 is 0 Å². The van der Waals surface area contributed by atoms with E-state index in [0.29, 0.717) is 12.3 Å². The van der Waals surface area contributed by atoms with Crippen LogP contribution >= 0.6 is 15.9 Å².